The summed E-state index contributed by atoms with van der Waals surface area (Å²) >= 11 is 0. The van der Waals surface area contributed by atoms with Crippen LogP contribution >= 0.6 is 0 Å². The van der Waals surface area contributed by atoms with E-state index in [4.69, 9.17) is 9.26 Å². The zero-order valence-electron chi connectivity index (χ0n) is 17.0. The number of amides is 2. The molecule has 3 aliphatic heterocycles. The number of H-pyrrole nitrogens is 1. The molecular formula is C23H22N4O4. The number of nitrogens with zero attached hydrogens (tertiary/aromatic N) is 2. The molecular weight excluding hydrogens is 396 g/mol. The van der Waals surface area contributed by atoms with Crippen molar-refractivity contribution in [3.05, 3.63) is 60.0 Å². The fourth-order valence-electron chi connectivity index (χ4n) is 5.25. The molecule has 2 aromatic heterocycles. The molecule has 2 amide bonds. The van der Waals surface area contributed by atoms with Crippen LogP contribution in [0.3, 0.4) is 0 Å². The van der Waals surface area contributed by atoms with Crippen LogP contribution in [-0.4, -0.2) is 46.7 Å². The summed E-state index contributed by atoms with van der Waals surface area (Å²) in [6, 6.07) is 9.82. The predicted octanol–water partition coefficient (Wildman–Crippen LogP) is 2.11. The normalized spacial score (nSPS) is 28.6. The number of hydrogen-bond donors (Lipinski definition) is 2. The van der Waals surface area contributed by atoms with E-state index in [1.54, 1.807) is 17.9 Å². The Morgan fingerprint density at radius 2 is 2.26 bits per heavy atom. The second-order valence-corrected chi connectivity index (χ2v) is 8.52. The van der Waals surface area contributed by atoms with Crippen molar-refractivity contribution in [1.82, 2.24) is 15.5 Å². The molecule has 1 spiro atoms. The average Bonchev–Trinajstić information content (AvgIpc) is 3.56. The van der Waals surface area contributed by atoms with E-state index in [9.17, 15) is 9.59 Å². The zero-order valence-corrected chi connectivity index (χ0v) is 17.0. The summed E-state index contributed by atoms with van der Waals surface area (Å²) in [7, 11) is 0. The Morgan fingerprint density at radius 1 is 1.39 bits per heavy atom. The first-order valence-electron chi connectivity index (χ1n) is 10.5. The molecule has 2 bridgehead atoms. The van der Waals surface area contributed by atoms with Gasteiger partial charge >= 0.3 is 0 Å². The number of aryl methyl sites for hydroxylation is 1. The largest absolute Gasteiger partial charge is 0.361 e. The van der Waals surface area contributed by atoms with Gasteiger partial charge in [-0.05, 0) is 25.0 Å². The van der Waals surface area contributed by atoms with Crippen LogP contribution in [0.2, 0.25) is 0 Å². The molecule has 6 rings (SSSR count). The standard InChI is InChI=1S/C23H22N4O4/c1-13-10-18(26-31-13)27-12-23-8-6-17(30-23)19(20(23)22(27)29)21(28)24-9-7-14-11-25-16-5-3-2-4-15(14)16/h2-6,8,10-11,17,19-20,25H,7,9,12H2,1H3,(H,24,28)/t17-,19-,20-,23-/m1/s1. The number of rotatable bonds is 5. The summed E-state index contributed by atoms with van der Waals surface area (Å²) in [6.45, 7) is 2.62. The minimum absolute atomic E-state index is 0.142. The molecule has 8 nitrogen and oxygen atoms in total. The molecule has 2 N–H and O–H groups in total. The maximum absolute atomic E-state index is 13.2. The van der Waals surface area contributed by atoms with E-state index in [0.29, 0.717) is 31.1 Å². The van der Waals surface area contributed by atoms with Crippen LogP contribution in [0.1, 0.15) is 11.3 Å². The second-order valence-electron chi connectivity index (χ2n) is 8.52. The lowest BCUT2D eigenvalue weighted by atomic mass is 9.77. The number of fused-ring (bicyclic) bond motifs is 2. The van der Waals surface area contributed by atoms with E-state index in [1.807, 2.05) is 36.5 Å². The maximum Gasteiger partial charge on any atom is 0.235 e. The first-order valence-corrected chi connectivity index (χ1v) is 10.5. The maximum atomic E-state index is 13.2. The first kappa shape index (κ1) is 18.4. The summed E-state index contributed by atoms with van der Waals surface area (Å²) < 4.78 is 11.3. The van der Waals surface area contributed by atoms with Gasteiger partial charge < -0.3 is 19.6 Å². The number of carbonyl (C=O) groups excluding carboxylic acids is 2. The molecule has 8 heteroatoms. The van der Waals surface area contributed by atoms with Gasteiger partial charge in [0.25, 0.3) is 0 Å². The third kappa shape index (κ3) is 2.68. The van der Waals surface area contributed by atoms with Crippen LogP contribution in [-0.2, 0) is 20.7 Å². The van der Waals surface area contributed by atoms with Gasteiger partial charge in [0.05, 0.1) is 24.5 Å². The van der Waals surface area contributed by atoms with Gasteiger partial charge in [0.1, 0.15) is 11.4 Å². The van der Waals surface area contributed by atoms with E-state index in [1.165, 1.54) is 0 Å². The van der Waals surface area contributed by atoms with E-state index >= 15 is 0 Å². The lowest BCUT2D eigenvalue weighted by Gasteiger charge is -2.23. The molecule has 31 heavy (non-hydrogen) atoms. The summed E-state index contributed by atoms with van der Waals surface area (Å²) in [6.07, 6.45) is 6.16. The Hall–Kier alpha value is -3.39. The zero-order chi connectivity index (χ0) is 21.2. The smallest absolute Gasteiger partial charge is 0.235 e. The van der Waals surface area contributed by atoms with Crippen molar-refractivity contribution in [1.29, 1.82) is 0 Å². The number of aromatic nitrogens is 2. The topological polar surface area (TPSA) is 100 Å². The van der Waals surface area contributed by atoms with Crippen molar-refractivity contribution in [2.45, 2.75) is 25.0 Å². The molecule has 0 radical (unpaired) electrons. The van der Waals surface area contributed by atoms with Crippen molar-refractivity contribution >= 4 is 28.5 Å². The van der Waals surface area contributed by atoms with Gasteiger partial charge in [0.2, 0.25) is 11.8 Å². The molecule has 0 aliphatic carbocycles. The van der Waals surface area contributed by atoms with Crippen molar-refractivity contribution in [2.24, 2.45) is 11.8 Å². The number of carbonyl (C=O) groups is 2. The average molecular weight is 418 g/mol. The number of anilines is 1. The van der Waals surface area contributed by atoms with Gasteiger partial charge in [-0.1, -0.05) is 35.5 Å². The van der Waals surface area contributed by atoms with Gasteiger partial charge in [-0.25, -0.2) is 0 Å². The summed E-state index contributed by atoms with van der Waals surface area (Å²) in [5.74, 6) is -0.287. The van der Waals surface area contributed by atoms with E-state index in [-0.39, 0.29) is 17.9 Å². The number of para-hydroxylation sites is 1. The van der Waals surface area contributed by atoms with Crippen molar-refractivity contribution in [2.75, 3.05) is 18.0 Å². The number of hydrogen-bond acceptors (Lipinski definition) is 5. The van der Waals surface area contributed by atoms with Crippen LogP contribution in [0.15, 0.2) is 53.2 Å². The molecule has 1 aromatic carbocycles. The fraction of sp³-hybridized carbons (Fsp3) is 0.348. The minimum Gasteiger partial charge on any atom is -0.361 e. The first-order chi connectivity index (χ1) is 15.1. The molecule has 3 aromatic rings. The third-order valence-electron chi connectivity index (χ3n) is 6.66. The lowest BCUT2D eigenvalue weighted by molar-refractivity contribution is -0.131. The van der Waals surface area contributed by atoms with Crippen LogP contribution in [0, 0.1) is 18.8 Å². The molecule has 4 atom stereocenters. The Balaban J connectivity index is 1.18. The highest BCUT2D eigenvalue weighted by Crippen LogP contribution is 2.52. The van der Waals surface area contributed by atoms with Crippen LogP contribution in [0.25, 0.3) is 10.9 Å². The third-order valence-corrected chi connectivity index (χ3v) is 6.66. The second kappa shape index (κ2) is 6.55. The molecule has 5 heterocycles. The highest BCUT2D eigenvalue weighted by atomic mass is 16.5. The number of ether oxygens (including phenoxy) is 1. The van der Waals surface area contributed by atoms with E-state index < -0.39 is 17.4 Å². The van der Waals surface area contributed by atoms with Crippen molar-refractivity contribution < 1.29 is 18.8 Å². The van der Waals surface area contributed by atoms with Gasteiger partial charge in [-0.2, -0.15) is 0 Å². The van der Waals surface area contributed by atoms with Crippen LogP contribution < -0.4 is 10.2 Å². The van der Waals surface area contributed by atoms with Gasteiger partial charge in [0.15, 0.2) is 5.82 Å². The summed E-state index contributed by atoms with van der Waals surface area (Å²) in [5.41, 5.74) is 1.46. The predicted molar refractivity (Wildman–Crippen MR) is 112 cm³/mol. The SMILES string of the molecule is Cc1cc(N2C[C@@]34C=C[C@@H](O3)[C@@H](C(=O)NCCc3c[nH]c5ccccc35)[C@@H]4C2=O)no1. The summed E-state index contributed by atoms with van der Waals surface area (Å²) in [4.78, 5) is 31.2. The summed E-state index contributed by atoms with van der Waals surface area (Å²) in [5, 5.41) is 8.16. The Labute approximate surface area is 178 Å². The monoisotopic (exact) mass is 418 g/mol. The van der Waals surface area contributed by atoms with Gasteiger partial charge in [-0.3, -0.25) is 14.5 Å². The fourth-order valence-corrected chi connectivity index (χ4v) is 5.25. The molecule has 2 fully saturated rings. The Bertz CT molecular complexity index is 1230. The van der Waals surface area contributed by atoms with Crippen LogP contribution in [0.4, 0.5) is 5.82 Å². The molecule has 0 saturated carbocycles. The van der Waals surface area contributed by atoms with Gasteiger partial charge in [-0.15, -0.1) is 0 Å². The number of aromatic amines is 1. The quantitative estimate of drug-likeness (QED) is 0.618. The molecule has 2 saturated heterocycles. The molecule has 0 unspecified atom stereocenters. The Morgan fingerprint density at radius 3 is 3.10 bits per heavy atom. The van der Waals surface area contributed by atoms with Crippen molar-refractivity contribution in [3.63, 3.8) is 0 Å². The molecule has 3 aliphatic rings. The lowest BCUT2D eigenvalue weighted by Crippen LogP contribution is -2.44. The number of benzene rings is 1. The van der Waals surface area contributed by atoms with Crippen molar-refractivity contribution in [3.8, 4) is 0 Å². The van der Waals surface area contributed by atoms with Gasteiger partial charge in [0, 0.05) is 29.7 Å². The van der Waals surface area contributed by atoms with E-state index in [2.05, 4.69) is 21.5 Å². The highest BCUT2D eigenvalue weighted by molar-refractivity contribution is 6.02. The molecule has 158 valence electrons. The minimum atomic E-state index is -0.770. The highest BCUT2D eigenvalue weighted by Gasteiger charge is 2.67. The van der Waals surface area contributed by atoms with E-state index in [0.717, 1.165) is 16.5 Å². The number of nitrogens with one attached hydrogen (secondary N) is 2. The van der Waals surface area contributed by atoms with Crippen LogP contribution in [0.5, 0.6) is 0 Å². The Kier molecular flexibility index (Phi) is 3.89.